The fraction of sp³-hybridized carbons (Fsp3) is 0.531. The highest BCUT2D eigenvalue weighted by Crippen LogP contribution is 2.39. The Balaban J connectivity index is 1.45. The van der Waals surface area contributed by atoms with Gasteiger partial charge in [0, 0.05) is 56.4 Å². The number of carbonyl (C=O) groups excluding carboxylic acids is 3. The minimum atomic E-state index is -0.610. The zero-order valence-electron chi connectivity index (χ0n) is 23.2. The molecule has 39 heavy (non-hydrogen) atoms. The van der Waals surface area contributed by atoms with Gasteiger partial charge in [0.1, 0.15) is 6.04 Å². The van der Waals surface area contributed by atoms with Crippen LogP contribution >= 0.6 is 0 Å². The fourth-order valence-electron chi connectivity index (χ4n) is 6.62. The number of nitrogens with two attached hydrogens (primary N) is 1. The number of ether oxygens (including phenoxy) is 1. The number of methoxy groups -OCH3 is 1. The molecule has 5 rings (SSSR count). The summed E-state index contributed by atoms with van der Waals surface area (Å²) in [5.41, 5.74) is 10.9. The van der Waals surface area contributed by atoms with E-state index in [1.165, 1.54) is 18.2 Å². The molecule has 1 aliphatic carbocycles. The van der Waals surface area contributed by atoms with E-state index < -0.39 is 6.04 Å². The lowest BCUT2D eigenvalue weighted by atomic mass is 9.82. The van der Waals surface area contributed by atoms with Crippen molar-refractivity contribution in [2.24, 2.45) is 11.7 Å². The largest absolute Gasteiger partial charge is 0.381 e. The van der Waals surface area contributed by atoms with Gasteiger partial charge >= 0.3 is 0 Å². The molecule has 208 valence electrons. The number of Topliss-reactive ketones (excluding diaryl/α,β-unsaturated/α-hetero) is 2. The van der Waals surface area contributed by atoms with Crippen molar-refractivity contribution in [3.63, 3.8) is 0 Å². The Kier molecular flexibility index (Phi) is 8.48. The second-order valence-corrected chi connectivity index (χ2v) is 11.5. The molecule has 2 aromatic rings. The van der Waals surface area contributed by atoms with E-state index in [0.717, 1.165) is 69.2 Å². The number of hydrogen-bond acceptors (Lipinski definition) is 6. The summed E-state index contributed by atoms with van der Waals surface area (Å²) >= 11 is 0. The van der Waals surface area contributed by atoms with Gasteiger partial charge in [0.05, 0.1) is 6.10 Å². The van der Waals surface area contributed by atoms with Gasteiger partial charge in [-0.05, 0) is 74.6 Å². The highest BCUT2D eigenvalue weighted by Gasteiger charge is 2.40. The van der Waals surface area contributed by atoms with E-state index >= 15 is 0 Å². The van der Waals surface area contributed by atoms with Crippen molar-refractivity contribution in [3.05, 3.63) is 64.7 Å². The Bertz CT molecular complexity index is 1190. The Morgan fingerprint density at radius 1 is 0.923 bits per heavy atom. The van der Waals surface area contributed by atoms with Crippen molar-refractivity contribution >= 4 is 23.2 Å². The molecule has 3 aliphatic rings. The van der Waals surface area contributed by atoms with Gasteiger partial charge in [0.15, 0.2) is 11.6 Å². The van der Waals surface area contributed by atoms with Crippen molar-refractivity contribution in [1.82, 2.24) is 4.90 Å². The van der Waals surface area contributed by atoms with E-state index in [1.807, 2.05) is 29.2 Å². The molecule has 2 aromatic carbocycles. The van der Waals surface area contributed by atoms with Gasteiger partial charge in [-0.15, -0.1) is 0 Å². The Labute approximate surface area is 231 Å². The molecule has 7 heteroatoms. The van der Waals surface area contributed by atoms with Crippen molar-refractivity contribution in [2.45, 2.75) is 76.5 Å². The molecule has 2 heterocycles. The molecule has 2 N–H and O–H groups in total. The summed E-state index contributed by atoms with van der Waals surface area (Å²) in [5.74, 6) is 0.0274. The zero-order chi connectivity index (χ0) is 27.5. The van der Waals surface area contributed by atoms with E-state index in [4.69, 9.17) is 10.5 Å². The third-order valence-electron chi connectivity index (χ3n) is 8.96. The quantitative estimate of drug-likeness (QED) is 0.537. The van der Waals surface area contributed by atoms with E-state index in [-0.39, 0.29) is 35.9 Å². The maximum atomic E-state index is 14.1. The zero-order valence-corrected chi connectivity index (χ0v) is 23.2. The first-order valence-electron chi connectivity index (χ1n) is 14.4. The Morgan fingerprint density at radius 2 is 1.62 bits per heavy atom. The van der Waals surface area contributed by atoms with Crippen LogP contribution in [0.1, 0.15) is 78.5 Å². The van der Waals surface area contributed by atoms with Gasteiger partial charge in [-0.1, -0.05) is 36.4 Å². The molecule has 1 unspecified atom stereocenters. The first-order chi connectivity index (χ1) is 18.9. The minimum absolute atomic E-state index is 0.000110. The second-order valence-electron chi connectivity index (χ2n) is 11.5. The highest BCUT2D eigenvalue weighted by atomic mass is 16.5. The molecule has 7 nitrogen and oxygen atoms in total. The predicted octanol–water partition coefficient (Wildman–Crippen LogP) is 4.26. The van der Waals surface area contributed by atoms with E-state index in [0.29, 0.717) is 18.2 Å². The first kappa shape index (κ1) is 27.5. The molecular weight excluding hydrogens is 490 g/mol. The summed E-state index contributed by atoms with van der Waals surface area (Å²) in [4.78, 5) is 43.9. The SMILES string of the molecule is COC1CCN(c2cccc3c2CCN(C(=O)C2CCC(N)CC2)C3C(=O)Cc2ccc(C(C)=O)cc2)CC1. The number of ketones is 2. The van der Waals surface area contributed by atoms with Crippen LogP contribution in [0.3, 0.4) is 0 Å². The summed E-state index contributed by atoms with van der Waals surface area (Å²) < 4.78 is 5.58. The number of rotatable bonds is 7. The first-order valence-corrected chi connectivity index (χ1v) is 14.4. The van der Waals surface area contributed by atoms with Crippen LogP contribution in [0.4, 0.5) is 5.69 Å². The summed E-state index contributed by atoms with van der Waals surface area (Å²) in [7, 11) is 1.78. The molecule has 2 aliphatic heterocycles. The number of piperidine rings is 1. The summed E-state index contributed by atoms with van der Waals surface area (Å²) in [6.07, 6.45) is 6.47. The number of anilines is 1. The lowest BCUT2D eigenvalue weighted by molar-refractivity contribution is -0.144. The standard InChI is InChI=1S/C32H41N3O4/c1-21(36)23-8-6-22(7-9-23)20-30(37)31-28-4-3-5-29(34-17-14-26(39-2)15-18-34)27(28)16-19-35(31)32(38)24-10-12-25(33)13-11-24/h3-9,24-26,31H,10-20,33H2,1-2H3. The topological polar surface area (TPSA) is 92.9 Å². The van der Waals surface area contributed by atoms with Crippen molar-refractivity contribution < 1.29 is 19.1 Å². The van der Waals surface area contributed by atoms with Crippen molar-refractivity contribution in [2.75, 3.05) is 31.6 Å². The Hall–Kier alpha value is -3.03. The lowest BCUT2D eigenvalue weighted by Crippen LogP contribution is -2.48. The number of carbonyl (C=O) groups is 3. The summed E-state index contributed by atoms with van der Waals surface area (Å²) in [6, 6.07) is 13.0. The monoisotopic (exact) mass is 531 g/mol. The smallest absolute Gasteiger partial charge is 0.226 e. The van der Waals surface area contributed by atoms with Crippen LogP contribution in [0.2, 0.25) is 0 Å². The minimum Gasteiger partial charge on any atom is -0.381 e. The van der Waals surface area contributed by atoms with Gasteiger partial charge in [0.25, 0.3) is 0 Å². The molecule has 1 saturated carbocycles. The molecular formula is C32H41N3O4. The van der Waals surface area contributed by atoms with Crippen LogP contribution in [0, 0.1) is 5.92 Å². The molecule has 1 saturated heterocycles. The molecule has 0 bridgehead atoms. The van der Waals surface area contributed by atoms with Crippen LogP contribution in [0.5, 0.6) is 0 Å². The predicted molar refractivity (Wildman–Crippen MR) is 152 cm³/mol. The number of nitrogens with zero attached hydrogens (tertiary/aromatic N) is 2. The molecule has 1 atom stereocenters. The van der Waals surface area contributed by atoms with Gasteiger partial charge in [-0.2, -0.15) is 0 Å². The van der Waals surface area contributed by atoms with Crippen LogP contribution in [-0.4, -0.2) is 61.3 Å². The lowest BCUT2D eigenvalue weighted by Gasteiger charge is -2.42. The number of fused-ring (bicyclic) bond motifs is 1. The van der Waals surface area contributed by atoms with E-state index in [9.17, 15) is 14.4 Å². The maximum absolute atomic E-state index is 14.1. The van der Waals surface area contributed by atoms with Gasteiger partial charge in [0.2, 0.25) is 5.91 Å². The molecule has 0 aromatic heterocycles. The van der Waals surface area contributed by atoms with Gasteiger partial charge < -0.3 is 20.3 Å². The molecule has 1 amide bonds. The number of amides is 1. The van der Waals surface area contributed by atoms with Crippen LogP contribution < -0.4 is 10.6 Å². The molecule has 0 spiro atoms. The van der Waals surface area contributed by atoms with Crippen LogP contribution in [0.15, 0.2) is 42.5 Å². The normalized spacial score (nSPS) is 23.8. The van der Waals surface area contributed by atoms with Crippen molar-refractivity contribution in [3.8, 4) is 0 Å². The second kappa shape index (κ2) is 12.0. The molecule has 2 fully saturated rings. The van der Waals surface area contributed by atoms with E-state index in [1.54, 1.807) is 19.2 Å². The van der Waals surface area contributed by atoms with Crippen LogP contribution in [0.25, 0.3) is 0 Å². The summed E-state index contributed by atoms with van der Waals surface area (Å²) in [5, 5.41) is 0. The maximum Gasteiger partial charge on any atom is 0.226 e. The number of benzene rings is 2. The van der Waals surface area contributed by atoms with E-state index in [2.05, 4.69) is 11.0 Å². The fourth-order valence-corrected chi connectivity index (χ4v) is 6.62. The third kappa shape index (κ3) is 5.94. The van der Waals surface area contributed by atoms with Gasteiger partial charge in [-0.3, -0.25) is 14.4 Å². The van der Waals surface area contributed by atoms with Gasteiger partial charge in [-0.25, -0.2) is 0 Å². The van der Waals surface area contributed by atoms with Crippen molar-refractivity contribution in [1.29, 1.82) is 0 Å². The Morgan fingerprint density at radius 3 is 2.26 bits per heavy atom. The number of hydrogen-bond donors (Lipinski definition) is 1. The van der Waals surface area contributed by atoms with Crippen LogP contribution in [-0.2, 0) is 27.2 Å². The average Bonchev–Trinajstić information content (AvgIpc) is 2.96. The third-order valence-corrected chi connectivity index (χ3v) is 8.96. The average molecular weight is 532 g/mol. The molecule has 0 radical (unpaired) electrons. The highest BCUT2D eigenvalue weighted by molar-refractivity contribution is 5.95. The summed E-state index contributed by atoms with van der Waals surface area (Å²) in [6.45, 7) is 3.91.